The van der Waals surface area contributed by atoms with E-state index in [9.17, 15) is 0 Å². The maximum absolute atomic E-state index is 4.47. The first-order chi connectivity index (χ1) is 10.2. The van der Waals surface area contributed by atoms with Gasteiger partial charge in [0, 0.05) is 30.2 Å². The lowest BCUT2D eigenvalue weighted by Gasteiger charge is -2.22. The lowest BCUT2D eigenvalue weighted by atomic mass is 10.1. The van der Waals surface area contributed by atoms with Crippen molar-refractivity contribution in [2.45, 2.75) is 26.8 Å². The molecule has 112 valence electrons. The molecule has 0 radical (unpaired) electrons. The Bertz CT molecular complexity index is 583. The Morgan fingerprint density at radius 3 is 2.48 bits per heavy atom. The van der Waals surface area contributed by atoms with Crippen molar-refractivity contribution >= 4 is 27.6 Å². The van der Waals surface area contributed by atoms with Gasteiger partial charge in [-0.15, -0.1) is 0 Å². The van der Waals surface area contributed by atoms with Gasteiger partial charge in [0.25, 0.3) is 0 Å². The SMILES string of the molecule is CCNc1ncnc(N(C)Cc2ccc(Br)cc2)c1CC. The van der Waals surface area contributed by atoms with E-state index in [4.69, 9.17) is 0 Å². The molecule has 0 saturated carbocycles. The number of halogens is 1. The molecule has 0 saturated heterocycles. The zero-order chi connectivity index (χ0) is 15.2. The Balaban J connectivity index is 2.23. The third kappa shape index (κ3) is 3.94. The molecule has 4 nitrogen and oxygen atoms in total. The molecule has 1 N–H and O–H groups in total. The molecule has 0 atom stereocenters. The maximum atomic E-state index is 4.47. The van der Waals surface area contributed by atoms with Gasteiger partial charge >= 0.3 is 0 Å². The van der Waals surface area contributed by atoms with Crippen molar-refractivity contribution < 1.29 is 0 Å². The molecule has 5 heteroatoms. The van der Waals surface area contributed by atoms with Gasteiger partial charge in [0.1, 0.15) is 18.0 Å². The van der Waals surface area contributed by atoms with E-state index in [2.05, 4.69) is 81.3 Å². The highest BCUT2D eigenvalue weighted by atomic mass is 79.9. The lowest BCUT2D eigenvalue weighted by Crippen LogP contribution is -2.20. The van der Waals surface area contributed by atoms with Gasteiger partial charge in [-0.25, -0.2) is 9.97 Å². The fourth-order valence-corrected chi connectivity index (χ4v) is 2.58. The molecule has 2 rings (SSSR count). The summed E-state index contributed by atoms with van der Waals surface area (Å²) in [6.45, 7) is 5.89. The van der Waals surface area contributed by atoms with E-state index in [0.717, 1.165) is 35.6 Å². The lowest BCUT2D eigenvalue weighted by molar-refractivity contribution is 0.869. The molecule has 1 heterocycles. The first kappa shape index (κ1) is 15.8. The summed E-state index contributed by atoms with van der Waals surface area (Å²) in [7, 11) is 2.07. The fourth-order valence-electron chi connectivity index (χ4n) is 2.32. The van der Waals surface area contributed by atoms with Crippen LogP contribution in [0, 0.1) is 0 Å². The Labute approximate surface area is 134 Å². The standard InChI is InChI=1S/C16H21BrN4/c1-4-14-15(18-5-2)19-11-20-16(14)21(3)10-12-6-8-13(17)9-7-12/h6-9,11H,4-5,10H2,1-3H3,(H,18,19,20). The Morgan fingerprint density at radius 1 is 1.14 bits per heavy atom. The van der Waals surface area contributed by atoms with Crippen LogP contribution in [0.4, 0.5) is 11.6 Å². The van der Waals surface area contributed by atoms with Gasteiger partial charge in [-0.1, -0.05) is 35.0 Å². The van der Waals surface area contributed by atoms with Crippen LogP contribution in [0.2, 0.25) is 0 Å². The van der Waals surface area contributed by atoms with E-state index in [1.807, 2.05) is 0 Å². The fraction of sp³-hybridized carbons (Fsp3) is 0.375. The highest BCUT2D eigenvalue weighted by Gasteiger charge is 2.13. The van der Waals surface area contributed by atoms with Gasteiger partial charge < -0.3 is 10.2 Å². The molecule has 1 aromatic carbocycles. The Kier molecular flexibility index (Phi) is 5.56. The number of anilines is 2. The van der Waals surface area contributed by atoms with Crippen molar-refractivity contribution in [1.82, 2.24) is 9.97 Å². The third-order valence-electron chi connectivity index (χ3n) is 3.31. The summed E-state index contributed by atoms with van der Waals surface area (Å²) in [6.07, 6.45) is 2.54. The molecular weight excluding hydrogens is 328 g/mol. The smallest absolute Gasteiger partial charge is 0.137 e. The largest absolute Gasteiger partial charge is 0.370 e. The summed E-state index contributed by atoms with van der Waals surface area (Å²) in [5.41, 5.74) is 2.42. The number of benzene rings is 1. The number of rotatable bonds is 6. The number of nitrogens with zero attached hydrogens (tertiary/aromatic N) is 3. The zero-order valence-electron chi connectivity index (χ0n) is 12.7. The monoisotopic (exact) mass is 348 g/mol. The van der Waals surface area contributed by atoms with Crippen molar-refractivity contribution in [2.75, 3.05) is 23.8 Å². The summed E-state index contributed by atoms with van der Waals surface area (Å²) in [6, 6.07) is 8.37. The predicted molar refractivity (Wildman–Crippen MR) is 91.8 cm³/mol. The van der Waals surface area contributed by atoms with Gasteiger partial charge in [0.15, 0.2) is 0 Å². The minimum Gasteiger partial charge on any atom is -0.370 e. The molecule has 0 fully saturated rings. The van der Waals surface area contributed by atoms with E-state index in [-0.39, 0.29) is 0 Å². The van der Waals surface area contributed by atoms with Crippen LogP contribution in [0.1, 0.15) is 25.0 Å². The Hall–Kier alpha value is -1.62. The first-order valence-electron chi connectivity index (χ1n) is 7.19. The minimum absolute atomic E-state index is 0.822. The quantitative estimate of drug-likeness (QED) is 0.860. The highest BCUT2D eigenvalue weighted by molar-refractivity contribution is 9.10. The van der Waals surface area contributed by atoms with Crippen LogP contribution >= 0.6 is 15.9 Å². The van der Waals surface area contributed by atoms with E-state index in [0.29, 0.717) is 0 Å². The summed E-state index contributed by atoms with van der Waals surface area (Å²) in [5, 5.41) is 3.31. The van der Waals surface area contributed by atoms with Crippen molar-refractivity contribution in [1.29, 1.82) is 0 Å². The van der Waals surface area contributed by atoms with Crippen molar-refractivity contribution in [2.24, 2.45) is 0 Å². The summed E-state index contributed by atoms with van der Waals surface area (Å²) >= 11 is 3.46. The van der Waals surface area contributed by atoms with E-state index in [1.165, 1.54) is 11.1 Å². The van der Waals surface area contributed by atoms with Crippen LogP contribution < -0.4 is 10.2 Å². The molecule has 0 amide bonds. The number of nitrogens with one attached hydrogen (secondary N) is 1. The van der Waals surface area contributed by atoms with Crippen molar-refractivity contribution in [3.8, 4) is 0 Å². The van der Waals surface area contributed by atoms with Crippen LogP contribution in [0.15, 0.2) is 35.1 Å². The van der Waals surface area contributed by atoms with Crippen LogP contribution in [0.5, 0.6) is 0 Å². The normalized spacial score (nSPS) is 10.5. The average Bonchev–Trinajstić information content (AvgIpc) is 2.49. The van der Waals surface area contributed by atoms with Gasteiger partial charge in [-0.3, -0.25) is 0 Å². The number of hydrogen-bond donors (Lipinski definition) is 1. The number of hydrogen-bond acceptors (Lipinski definition) is 4. The van der Waals surface area contributed by atoms with Crippen LogP contribution in [0.3, 0.4) is 0 Å². The molecule has 2 aromatic rings. The zero-order valence-corrected chi connectivity index (χ0v) is 14.3. The van der Waals surface area contributed by atoms with Gasteiger partial charge in [-0.2, -0.15) is 0 Å². The molecule has 0 aliphatic rings. The molecule has 0 aliphatic carbocycles. The van der Waals surface area contributed by atoms with Crippen molar-refractivity contribution in [3.05, 3.63) is 46.2 Å². The van der Waals surface area contributed by atoms with Crippen LogP contribution in [-0.4, -0.2) is 23.6 Å². The molecule has 21 heavy (non-hydrogen) atoms. The van der Waals surface area contributed by atoms with Crippen LogP contribution in [0.25, 0.3) is 0 Å². The van der Waals surface area contributed by atoms with Crippen molar-refractivity contribution in [3.63, 3.8) is 0 Å². The van der Waals surface area contributed by atoms with E-state index in [1.54, 1.807) is 6.33 Å². The summed E-state index contributed by atoms with van der Waals surface area (Å²) in [5.74, 6) is 1.93. The highest BCUT2D eigenvalue weighted by Crippen LogP contribution is 2.24. The Morgan fingerprint density at radius 2 is 1.86 bits per heavy atom. The van der Waals surface area contributed by atoms with Gasteiger partial charge in [0.05, 0.1) is 0 Å². The molecule has 0 aliphatic heterocycles. The summed E-state index contributed by atoms with van der Waals surface area (Å²) < 4.78 is 1.10. The second kappa shape index (κ2) is 7.41. The molecule has 0 spiro atoms. The molecular formula is C16H21BrN4. The van der Waals surface area contributed by atoms with Gasteiger partial charge in [-0.05, 0) is 31.0 Å². The third-order valence-corrected chi connectivity index (χ3v) is 3.84. The summed E-state index contributed by atoms with van der Waals surface area (Å²) in [4.78, 5) is 11.0. The average molecular weight is 349 g/mol. The van der Waals surface area contributed by atoms with Gasteiger partial charge in [0.2, 0.25) is 0 Å². The second-order valence-corrected chi connectivity index (χ2v) is 5.81. The van der Waals surface area contributed by atoms with E-state index >= 15 is 0 Å². The topological polar surface area (TPSA) is 41.1 Å². The molecule has 0 bridgehead atoms. The van der Waals surface area contributed by atoms with Crippen LogP contribution in [-0.2, 0) is 13.0 Å². The second-order valence-electron chi connectivity index (χ2n) is 4.89. The number of aromatic nitrogens is 2. The maximum Gasteiger partial charge on any atom is 0.137 e. The first-order valence-corrected chi connectivity index (χ1v) is 7.98. The van der Waals surface area contributed by atoms with E-state index < -0.39 is 0 Å². The minimum atomic E-state index is 0.822. The predicted octanol–water partition coefficient (Wildman–Crippen LogP) is 3.87. The molecule has 0 unspecified atom stereocenters. The molecule has 1 aromatic heterocycles.